The fourth-order valence-electron chi connectivity index (χ4n) is 1.99. The molecule has 1 unspecified atom stereocenters. The maximum atomic E-state index is 12.3. The number of benzene rings is 1. The highest BCUT2D eigenvalue weighted by molar-refractivity contribution is 7.90. The topological polar surface area (TPSA) is 97.4 Å². The van der Waals surface area contributed by atoms with Gasteiger partial charge in [0, 0.05) is 37.8 Å². The van der Waals surface area contributed by atoms with E-state index in [9.17, 15) is 13.2 Å². The van der Waals surface area contributed by atoms with Gasteiger partial charge in [0.15, 0.2) is 6.10 Å². The number of amides is 1. The van der Waals surface area contributed by atoms with Crippen LogP contribution < -0.4 is 10.0 Å². The molecule has 122 valence electrons. The molecule has 7 nitrogen and oxygen atoms in total. The Morgan fingerprint density at radius 2 is 2.04 bits per heavy atom. The van der Waals surface area contributed by atoms with Gasteiger partial charge in [0.2, 0.25) is 0 Å². The summed E-state index contributed by atoms with van der Waals surface area (Å²) >= 11 is 0. The van der Waals surface area contributed by atoms with E-state index in [0.29, 0.717) is 11.3 Å². The van der Waals surface area contributed by atoms with Gasteiger partial charge in [-0.15, -0.1) is 0 Å². The molecule has 2 rings (SSSR count). The van der Waals surface area contributed by atoms with Crippen LogP contribution in [-0.4, -0.2) is 33.5 Å². The highest BCUT2D eigenvalue weighted by Crippen LogP contribution is 2.18. The average Bonchev–Trinajstić information content (AvgIpc) is 2.56. The second-order valence-corrected chi connectivity index (χ2v) is 6.33. The fourth-order valence-corrected chi connectivity index (χ4v) is 3.02. The number of sulfonamides is 1. The molecule has 0 spiro atoms. The molecule has 1 amide bonds. The molecule has 23 heavy (non-hydrogen) atoms. The molecule has 0 radical (unpaired) electrons. The minimum Gasteiger partial charge on any atom is -0.388 e. The third-order valence-corrected chi connectivity index (χ3v) is 4.47. The van der Waals surface area contributed by atoms with Crippen LogP contribution in [0.5, 0.6) is 0 Å². The lowest BCUT2D eigenvalue weighted by Crippen LogP contribution is -2.35. The molecule has 1 aromatic heterocycles. The maximum Gasteiger partial charge on any atom is 0.267 e. The van der Waals surface area contributed by atoms with E-state index in [1.54, 1.807) is 37.5 Å². The third kappa shape index (κ3) is 4.05. The first-order valence-corrected chi connectivity index (χ1v) is 8.23. The van der Waals surface area contributed by atoms with Crippen molar-refractivity contribution in [2.75, 3.05) is 19.5 Å². The summed E-state index contributed by atoms with van der Waals surface area (Å²) in [7, 11) is -0.996. The van der Waals surface area contributed by atoms with Crippen molar-refractivity contribution in [1.29, 1.82) is 0 Å². The lowest BCUT2D eigenvalue weighted by atomic mass is 10.1. The van der Waals surface area contributed by atoms with Gasteiger partial charge in [0.1, 0.15) is 0 Å². The second kappa shape index (κ2) is 7.21. The molecule has 0 aliphatic rings. The van der Waals surface area contributed by atoms with Gasteiger partial charge in [0.05, 0.1) is 4.90 Å². The van der Waals surface area contributed by atoms with Crippen molar-refractivity contribution in [2.45, 2.75) is 11.0 Å². The van der Waals surface area contributed by atoms with Gasteiger partial charge < -0.3 is 10.1 Å². The van der Waals surface area contributed by atoms with Crippen molar-refractivity contribution < 1.29 is 17.9 Å². The van der Waals surface area contributed by atoms with Crippen molar-refractivity contribution in [3.05, 3.63) is 54.4 Å². The van der Waals surface area contributed by atoms with Crippen LogP contribution in [-0.2, 0) is 19.6 Å². The number of hydrogen-bond acceptors (Lipinski definition) is 6. The summed E-state index contributed by atoms with van der Waals surface area (Å²) in [5.41, 5.74) is 1.09. The average molecular weight is 335 g/mol. The Bertz CT molecular complexity index is 778. The lowest BCUT2D eigenvalue weighted by molar-refractivity contribution is -0.129. The summed E-state index contributed by atoms with van der Waals surface area (Å²) < 4.78 is 31.8. The number of carbonyl (C=O) groups excluding carboxylic acids is 1. The Morgan fingerprint density at radius 1 is 1.26 bits per heavy atom. The number of hydrogen-bond donors (Lipinski definition) is 2. The Balaban J connectivity index is 2.23. The molecule has 2 N–H and O–H groups in total. The predicted molar refractivity (Wildman–Crippen MR) is 85.3 cm³/mol. The minimum absolute atomic E-state index is 0.0151. The van der Waals surface area contributed by atoms with Crippen LogP contribution >= 0.6 is 0 Å². The zero-order valence-electron chi connectivity index (χ0n) is 12.7. The van der Waals surface area contributed by atoms with Crippen molar-refractivity contribution in [2.24, 2.45) is 0 Å². The normalized spacial score (nSPS) is 12.4. The van der Waals surface area contributed by atoms with E-state index in [4.69, 9.17) is 4.74 Å². The Kier molecular flexibility index (Phi) is 5.30. The van der Waals surface area contributed by atoms with Crippen molar-refractivity contribution >= 4 is 21.6 Å². The summed E-state index contributed by atoms with van der Waals surface area (Å²) in [6.07, 6.45) is 1.93. The van der Waals surface area contributed by atoms with E-state index in [1.807, 2.05) is 4.72 Å². The monoisotopic (exact) mass is 335 g/mol. The largest absolute Gasteiger partial charge is 0.388 e. The van der Waals surface area contributed by atoms with Crippen molar-refractivity contribution in [3.63, 3.8) is 0 Å². The molecule has 0 saturated heterocycles. The highest BCUT2D eigenvalue weighted by Gasteiger charge is 2.26. The number of rotatable bonds is 6. The Hall–Kier alpha value is -2.45. The number of pyridine rings is 1. The number of ether oxygens (including phenoxy) is 1. The number of nitrogens with zero attached hydrogens (tertiary/aromatic N) is 1. The van der Waals surface area contributed by atoms with E-state index in [-0.39, 0.29) is 4.90 Å². The molecule has 0 saturated carbocycles. The second-order valence-electron chi connectivity index (χ2n) is 4.65. The number of methoxy groups -OCH3 is 1. The zero-order valence-corrected chi connectivity index (χ0v) is 13.5. The van der Waals surface area contributed by atoms with Crippen LogP contribution in [0.15, 0.2) is 53.7 Å². The molecule has 0 fully saturated rings. The smallest absolute Gasteiger partial charge is 0.267 e. The molecule has 1 atom stereocenters. The lowest BCUT2D eigenvalue weighted by Gasteiger charge is -2.15. The van der Waals surface area contributed by atoms with Gasteiger partial charge >= 0.3 is 0 Å². The molecular formula is C15H17N3O4S. The number of nitrogens with one attached hydrogen (secondary N) is 2. The molecule has 2 aromatic rings. The number of aromatic nitrogens is 1. The first kappa shape index (κ1) is 16.9. The molecule has 0 bridgehead atoms. The van der Waals surface area contributed by atoms with Gasteiger partial charge in [-0.25, -0.2) is 13.1 Å². The fraction of sp³-hybridized carbons (Fsp3) is 0.200. The summed E-state index contributed by atoms with van der Waals surface area (Å²) in [4.78, 5) is 16.1. The SMILES string of the molecule is CNc1cccc(S(=O)(=O)NC(=O)C(OC)c2cccnc2)c1. The predicted octanol–water partition coefficient (Wildman–Crippen LogP) is 1.32. The van der Waals surface area contributed by atoms with Crippen LogP contribution in [0.25, 0.3) is 0 Å². The number of anilines is 1. The summed E-state index contributed by atoms with van der Waals surface area (Å²) in [5, 5.41) is 2.84. The van der Waals surface area contributed by atoms with Crippen molar-refractivity contribution in [1.82, 2.24) is 9.71 Å². The minimum atomic E-state index is -4.00. The van der Waals surface area contributed by atoms with E-state index < -0.39 is 22.0 Å². The quantitative estimate of drug-likeness (QED) is 0.826. The van der Waals surface area contributed by atoms with Crippen LogP contribution in [0.4, 0.5) is 5.69 Å². The van der Waals surface area contributed by atoms with E-state index >= 15 is 0 Å². The molecule has 0 aliphatic heterocycles. The Labute approximate surface area is 134 Å². The van der Waals surface area contributed by atoms with E-state index in [0.717, 1.165) is 0 Å². The zero-order chi connectivity index (χ0) is 16.9. The van der Waals surface area contributed by atoms with Gasteiger partial charge in [0.25, 0.3) is 15.9 Å². The van der Waals surface area contributed by atoms with Crippen molar-refractivity contribution in [3.8, 4) is 0 Å². The maximum absolute atomic E-state index is 12.3. The summed E-state index contributed by atoms with van der Waals surface area (Å²) in [6.45, 7) is 0. The van der Waals surface area contributed by atoms with Crippen LogP contribution in [0, 0.1) is 0 Å². The van der Waals surface area contributed by atoms with Crippen LogP contribution in [0.2, 0.25) is 0 Å². The Morgan fingerprint density at radius 3 is 2.65 bits per heavy atom. The molecular weight excluding hydrogens is 318 g/mol. The summed E-state index contributed by atoms with van der Waals surface area (Å²) in [6, 6.07) is 9.41. The molecule has 1 aromatic carbocycles. The molecule has 1 heterocycles. The first-order valence-electron chi connectivity index (χ1n) is 6.75. The molecule has 0 aliphatic carbocycles. The van der Waals surface area contributed by atoms with E-state index in [2.05, 4.69) is 10.3 Å². The highest BCUT2D eigenvalue weighted by atomic mass is 32.2. The van der Waals surface area contributed by atoms with Gasteiger partial charge in [-0.2, -0.15) is 0 Å². The van der Waals surface area contributed by atoms with Gasteiger partial charge in [-0.3, -0.25) is 9.78 Å². The van der Waals surface area contributed by atoms with Crippen LogP contribution in [0.3, 0.4) is 0 Å². The van der Waals surface area contributed by atoms with Gasteiger partial charge in [-0.1, -0.05) is 12.1 Å². The van der Waals surface area contributed by atoms with Crippen LogP contribution in [0.1, 0.15) is 11.7 Å². The summed E-state index contributed by atoms with van der Waals surface area (Å²) in [5.74, 6) is -0.782. The third-order valence-electron chi connectivity index (χ3n) is 3.13. The van der Waals surface area contributed by atoms with E-state index in [1.165, 1.54) is 25.4 Å². The number of carbonyl (C=O) groups is 1. The molecule has 8 heteroatoms. The first-order chi connectivity index (χ1) is 11.0. The van der Waals surface area contributed by atoms with Gasteiger partial charge in [-0.05, 0) is 24.3 Å². The standard InChI is InChI=1S/C15H17N3O4S/c1-16-12-6-3-7-13(9-12)23(20,21)18-15(19)14(22-2)11-5-4-8-17-10-11/h3-10,14,16H,1-2H3,(H,18,19).